The number of hydrogen-bond donors (Lipinski definition) is 1. The van der Waals surface area contributed by atoms with Crippen LogP contribution in [0, 0.1) is 6.92 Å². The molecule has 2 amide bonds. The molecule has 0 aliphatic rings. The number of nitrogens with zero attached hydrogens (tertiary/aromatic N) is 2. The molecule has 0 aromatic heterocycles. The van der Waals surface area contributed by atoms with Crippen molar-refractivity contribution < 1.29 is 22.7 Å². The van der Waals surface area contributed by atoms with Gasteiger partial charge in [-0.1, -0.05) is 64.0 Å². The highest BCUT2D eigenvalue weighted by atomic mass is 79.9. The van der Waals surface area contributed by atoms with Gasteiger partial charge in [-0.25, -0.2) is 8.42 Å². The summed E-state index contributed by atoms with van der Waals surface area (Å²) in [5.41, 5.74) is 1.97. The fraction of sp³-hybridized carbons (Fsp3) is 0.188. The summed E-state index contributed by atoms with van der Waals surface area (Å²) in [5, 5.41) is 2.58. The number of ether oxygens (including phenoxy) is 1. The van der Waals surface area contributed by atoms with Crippen LogP contribution >= 0.6 is 15.9 Å². The van der Waals surface area contributed by atoms with Gasteiger partial charge in [-0.05, 0) is 80.1 Å². The van der Waals surface area contributed by atoms with Gasteiger partial charge in [0.25, 0.3) is 10.0 Å². The Morgan fingerprint density at radius 3 is 2.05 bits per heavy atom. The Bertz CT molecular complexity index is 1610. The van der Waals surface area contributed by atoms with E-state index >= 15 is 0 Å². The van der Waals surface area contributed by atoms with Crippen LogP contribution in [0.15, 0.2) is 112 Å². The molecule has 4 aromatic rings. The molecule has 218 valence electrons. The number of para-hydroxylation sites is 1. The maximum atomic E-state index is 14.0. The Morgan fingerprint density at radius 2 is 1.45 bits per heavy atom. The number of carbonyl (C=O) groups excluding carboxylic acids is 2. The minimum absolute atomic E-state index is 0.0457. The number of anilines is 1. The largest absolute Gasteiger partial charge is 0.457 e. The summed E-state index contributed by atoms with van der Waals surface area (Å²) < 4.78 is 35.8. The van der Waals surface area contributed by atoms with Crippen LogP contribution in [0.1, 0.15) is 18.1 Å². The van der Waals surface area contributed by atoms with Gasteiger partial charge in [-0.15, -0.1) is 0 Å². The van der Waals surface area contributed by atoms with Crippen LogP contribution in [0.2, 0.25) is 0 Å². The minimum atomic E-state index is -4.16. The van der Waals surface area contributed by atoms with Gasteiger partial charge in [-0.2, -0.15) is 0 Å². The summed E-state index contributed by atoms with van der Waals surface area (Å²) >= 11 is 3.41. The third-order valence-electron chi connectivity index (χ3n) is 6.67. The molecule has 42 heavy (non-hydrogen) atoms. The predicted octanol–water partition coefficient (Wildman–Crippen LogP) is 5.91. The summed E-state index contributed by atoms with van der Waals surface area (Å²) in [5.74, 6) is 0.246. The second kappa shape index (κ2) is 13.7. The molecule has 0 aliphatic carbocycles. The van der Waals surface area contributed by atoms with Crippen LogP contribution in [0.25, 0.3) is 0 Å². The van der Waals surface area contributed by atoms with Crippen molar-refractivity contribution in [3.05, 3.63) is 119 Å². The molecule has 0 spiro atoms. The predicted molar refractivity (Wildman–Crippen MR) is 167 cm³/mol. The van der Waals surface area contributed by atoms with Crippen molar-refractivity contribution in [3.63, 3.8) is 0 Å². The molecule has 0 unspecified atom stereocenters. The van der Waals surface area contributed by atoms with E-state index in [1.54, 1.807) is 43.3 Å². The standard InChI is InChI=1S/C32H32BrN3O5S/c1-23-9-19-30(20-10-23)42(39,40)36(27-15-17-29(18-16-27)41-28-7-5-4-6-8-28)22-31(37)35(24(2)32(38)34-3)21-25-11-13-26(33)14-12-25/h4-20,24H,21-22H2,1-3H3,(H,34,38)/t24-/m1/s1. The maximum Gasteiger partial charge on any atom is 0.264 e. The molecular formula is C32H32BrN3O5S. The number of amides is 2. The van der Waals surface area contributed by atoms with Gasteiger partial charge in [0.1, 0.15) is 24.1 Å². The fourth-order valence-electron chi connectivity index (χ4n) is 4.25. The quantitative estimate of drug-likeness (QED) is 0.218. The van der Waals surface area contributed by atoms with E-state index < -0.39 is 28.5 Å². The lowest BCUT2D eigenvalue weighted by atomic mass is 10.1. The number of nitrogens with one attached hydrogen (secondary N) is 1. The van der Waals surface area contributed by atoms with Crippen LogP contribution in [-0.4, -0.2) is 44.8 Å². The summed E-state index contributed by atoms with van der Waals surface area (Å²) in [4.78, 5) is 28.0. The van der Waals surface area contributed by atoms with Crippen molar-refractivity contribution >= 4 is 43.5 Å². The van der Waals surface area contributed by atoms with Gasteiger partial charge in [0.2, 0.25) is 11.8 Å². The number of hydrogen-bond acceptors (Lipinski definition) is 5. The highest BCUT2D eigenvalue weighted by molar-refractivity contribution is 9.10. The number of likely N-dealkylation sites (N-methyl/N-ethyl adjacent to an activating group) is 1. The van der Waals surface area contributed by atoms with Gasteiger partial charge < -0.3 is 15.0 Å². The minimum Gasteiger partial charge on any atom is -0.457 e. The smallest absolute Gasteiger partial charge is 0.264 e. The first-order chi connectivity index (χ1) is 20.1. The average Bonchev–Trinajstić information content (AvgIpc) is 3.00. The number of benzene rings is 4. The Hall–Kier alpha value is -4.15. The van der Waals surface area contributed by atoms with Crippen LogP contribution in [-0.2, 0) is 26.2 Å². The molecule has 4 rings (SSSR count). The van der Waals surface area contributed by atoms with E-state index in [2.05, 4.69) is 21.2 Å². The number of halogens is 1. The monoisotopic (exact) mass is 649 g/mol. The first-order valence-corrected chi connectivity index (χ1v) is 15.5. The molecule has 8 nitrogen and oxygen atoms in total. The van der Waals surface area contributed by atoms with Crippen molar-refractivity contribution in [2.24, 2.45) is 0 Å². The number of rotatable bonds is 11. The molecule has 0 fully saturated rings. The summed E-state index contributed by atoms with van der Waals surface area (Å²) in [6.45, 7) is 3.07. The van der Waals surface area contributed by atoms with E-state index in [1.165, 1.54) is 24.1 Å². The normalized spacial score (nSPS) is 11.8. The fourth-order valence-corrected chi connectivity index (χ4v) is 5.93. The number of sulfonamides is 1. The lowest BCUT2D eigenvalue weighted by Crippen LogP contribution is -2.50. The van der Waals surface area contributed by atoms with E-state index in [0.717, 1.165) is 19.9 Å². The molecule has 0 saturated heterocycles. The molecule has 0 aliphatic heterocycles. The van der Waals surface area contributed by atoms with Gasteiger partial charge in [-0.3, -0.25) is 13.9 Å². The Labute approximate surface area is 255 Å². The van der Waals surface area contributed by atoms with Crippen molar-refractivity contribution in [2.45, 2.75) is 31.3 Å². The molecule has 0 radical (unpaired) electrons. The van der Waals surface area contributed by atoms with E-state index in [9.17, 15) is 18.0 Å². The molecule has 1 atom stereocenters. The highest BCUT2D eigenvalue weighted by Gasteiger charge is 2.32. The molecule has 0 bridgehead atoms. The zero-order chi connectivity index (χ0) is 30.3. The molecule has 10 heteroatoms. The average molecular weight is 651 g/mol. The highest BCUT2D eigenvalue weighted by Crippen LogP contribution is 2.29. The maximum absolute atomic E-state index is 14.0. The summed E-state index contributed by atoms with van der Waals surface area (Å²) in [7, 11) is -2.67. The first-order valence-electron chi connectivity index (χ1n) is 13.3. The van der Waals surface area contributed by atoms with Crippen LogP contribution in [0.4, 0.5) is 5.69 Å². The number of carbonyl (C=O) groups is 2. The Morgan fingerprint density at radius 1 is 0.857 bits per heavy atom. The van der Waals surface area contributed by atoms with Gasteiger partial charge >= 0.3 is 0 Å². The van der Waals surface area contributed by atoms with Crippen molar-refractivity contribution in [2.75, 3.05) is 17.9 Å². The lowest BCUT2D eigenvalue weighted by molar-refractivity contribution is -0.139. The Kier molecular flexibility index (Phi) is 10.0. The van der Waals surface area contributed by atoms with Crippen molar-refractivity contribution in [1.82, 2.24) is 10.2 Å². The summed E-state index contributed by atoms with van der Waals surface area (Å²) in [6, 6.07) is 28.7. The lowest BCUT2D eigenvalue weighted by Gasteiger charge is -2.31. The third-order valence-corrected chi connectivity index (χ3v) is 8.99. The molecule has 0 saturated carbocycles. The van der Waals surface area contributed by atoms with E-state index in [-0.39, 0.29) is 23.0 Å². The number of aryl methyl sites for hydroxylation is 1. The zero-order valence-corrected chi connectivity index (χ0v) is 25.9. The van der Waals surface area contributed by atoms with Gasteiger partial charge in [0, 0.05) is 18.1 Å². The molecular weight excluding hydrogens is 618 g/mol. The van der Waals surface area contributed by atoms with E-state index in [1.807, 2.05) is 61.5 Å². The van der Waals surface area contributed by atoms with Gasteiger partial charge in [0.15, 0.2) is 0 Å². The van der Waals surface area contributed by atoms with Crippen LogP contribution < -0.4 is 14.4 Å². The second-order valence-corrected chi connectivity index (χ2v) is 12.5. The second-order valence-electron chi connectivity index (χ2n) is 9.67. The third kappa shape index (κ3) is 7.57. The van der Waals surface area contributed by atoms with Crippen molar-refractivity contribution in [1.29, 1.82) is 0 Å². The molecule has 0 heterocycles. The molecule has 4 aromatic carbocycles. The van der Waals surface area contributed by atoms with Crippen LogP contribution in [0.3, 0.4) is 0 Å². The van der Waals surface area contributed by atoms with Gasteiger partial charge in [0.05, 0.1) is 10.6 Å². The first kappa shape index (κ1) is 30.8. The van der Waals surface area contributed by atoms with Crippen LogP contribution in [0.5, 0.6) is 11.5 Å². The van der Waals surface area contributed by atoms with E-state index in [0.29, 0.717) is 11.5 Å². The zero-order valence-electron chi connectivity index (χ0n) is 23.5. The topological polar surface area (TPSA) is 96.0 Å². The molecule has 1 N–H and O–H groups in total. The van der Waals surface area contributed by atoms with E-state index in [4.69, 9.17) is 4.74 Å². The van der Waals surface area contributed by atoms with Crippen molar-refractivity contribution in [3.8, 4) is 11.5 Å². The SMILES string of the molecule is CNC(=O)[C@@H](C)N(Cc1ccc(Br)cc1)C(=O)CN(c1ccc(Oc2ccccc2)cc1)S(=O)(=O)c1ccc(C)cc1. The summed E-state index contributed by atoms with van der Waals surface area (Å²) in [6.07, 6.45) is 0. The Balaban J connectivity index is 1.69.